The zero-order valence-corrected chi connectivity index (χ0v) is 15.9. The number of para-hydroxylation sites is 1. The van der Waals surface area contributed by atoms with Crippen molar-refractivity contribution < 1.29 is 4.79 Å². The summed E-state index contributed by atoms with van der Waals surface area (Å²) >= 11 is 0. The van der Waals surface area contributed by atoms with Crippen LogP contribution in [0.3, 0.4) is 0 Å². The van der Waals surface area contributed by atoms with E-state index in [1.54, 1.807) is 6.07 Å². The molecule has 1 aromatic carbocycles. The lowest BCUT2D eigenvalue weighted by Crippen LogP contribution is -2.35. The van der Waals surface area contributed by atoms with Gasteiger partial charge in [0.1, 0.15) is 5.69 Å². The predicted molar refractivity (Wildman–Crippen MR) is 105 cm³/mol. The van der Waals surface area contributed by atoms with Crippen LogP contribution in [-0.2, 0) is 0 Å². The Balaban J connectivity index is 1.77. The third-order valence-electron chi connectivity index (χ3n) is 5.00. The zero-order valence-electron chi connectivity index (χ0n) is 15.9. The van der Waals surface area contributed by atoms with E-state index in [9.17, 15) is 4.79 Å². The maximum Gasteiger partial charge on any atom is 0.270 e. The fraction of sp³-hybridized carbons (Fsp3) is 0.476. The Morgan fingerprint density at radius 2 is 1.65 bits per heavy atom. The SMILES string of the molecule is Cc1cc(C(=O)NC2CCCCCC2)nc(Nc2c(C)cccc2C)n1. The van der Waals surface area contributed by atoms with E-state index in [1.807, 2.05) is 39.0 Å². The van der Waals surface area contributed by atoms with Crippen molar-refractivity contribution in [2.45, 2.75) is 65.3 Å². The number of nitrogens with zero attached hydrogens (tertiary/aromatic N) is 2. The number of aromatic nitrogens is 2. The van der Waals surface area contributed by atoms with E-state index in [0.717, 1.165) is 35.3 Å². The highest BCUT2D eigenvalue weighted by molar-refractivity contribution is 5.93. The van der Waals surface area contributed by atoms with Crippen LogP contribution in [0.1, 0.15) is 65.8 Å². The highest BCUT2D eigenvalue weighted by atomic mass is 16.1. The first-order valence-electron chi connectivity index (χ1n) is 9.53. The number of carbonyl (C=O) groups is 1. The van der Waals surface area contributed by atoms with Gasteiger partial charge in [0.15, 0.2) is 0 Å². The molecule has 1 aromatic heterocycles. The Bertz CT molecular complexity index is 759. The first-order valence-corrected chi connectivity index (χ1v) is 9.53. The summed E-state index contributed by atoms with van der Waals surface area (Å²) in [6, 6.07) is 8.13. The summed E-state index contributed by atoms with van der Waals surface area (Å²) in [7, 11) is 0. The molecule has 1 fully saturated rings. The largest absolute Gasteiger partial charge is 0.348 e. The van der Waals surface area contributed by atoms with Gasteiger partial charge in [0.25, 0.3) is 5.91 Å². The lowest BCUT2D eigenvalue weighted by molar-refractivity contribution is 0.0928. The van der Waals surface area contributed by atoms with Crippen molar-refractivity contribution in [2.75, 3.05) is 5.32 Å². The van der Waals surface area contributed by atoms with Crippen molar-refractivity contribution in [1.29, 1.82) is 0 Å². The van der Waals surface area contributed by atoms with Gasteiger partial charge in [-0.2, -0.15) is 0 Å². The highest BCUT2D eigenvalue weighted by Gasteiger charge is 2.18. The third-order valence-corrected chi connectivity index (χ3v) is 5.00. The molecule has 2 N–H and O–H groups in total. The lowest BCUT2D eigenvalue weighted by atomic mass is 10.1. The van der Waals surface area contributed by atoms with Gasteiger partial charge in [-0.3, -0.25) is 4.79 Å². The van der Waals surface area contributed by atoms with Gasteiger partial charge in [-0.1, -0.05) is 43.9 Å². The number of anilines is 2. The molecule has 3 rings (SSSR count). The number of nitrogens with one attached hydrogen (secondary N) is 2. The van der Waals surface area contributed by atoms with Crippen molar-refractivity contribution in [3.8, 4) is 0 Å². The second-order valence-corrected chi connectivity index (χ2v) is 7.27. The number of rotatable bonds is 4. The summed E-state index contributed by atoms with van der Waals surface area (Å²) in [5.41, 5.74) is 4.45. The topological polar surface area (TPSA) is 66.9 Å². The molecular formula is C21H28N4O. The number of hydrogen-bond donors (Lipinski definition) is 2. The molecule has 0 radical (unpaired) electrons. The van der Waals surface area contributed by atoms with Gasteiger partial charge in [-0.05, 0) is 50.8 Å². The summed E-state index contributed by atoms with van der Waals surface area (Å²) < 4.78 is 0. The number of carbonyl (C=O) groups excluding carboxylic acids is 1. The first kappa shape index (κ1) is 18.4. The molecule has 1 aliphatic rings. The minimum atomic E-state index is -0.105. The maximum absolute atomic E-state index is 12.7. The molecule has 0 bridgehead atoms. The van der Waals surface area contributed by atoms with Crippen molar-refractivity contribution in [3.63, 3.8) is 0 Å². The Morgan fingerprint density at radius 1 is 1.00 bits per heavy atom. The molecule has 0 atom stereocenters. The average Bonchev–Trinajstić information content (AvgIpc) is 2.86. The first-order chi connectivity index (χ1) is 12.5. The van der Waals surface area contributed by atoms with E-state index >= 15 is 0 Å². The van der Waals surface area contributed by atoms with Crippen LogP contribution in [0.15, 0.2) is 24.3 Å². The van der Waals surface area contributed by atoms with E-state index < -0.39 is 0 Å². The fourth-order valence-corrected chi connectivity index (χ4v) is 3.55. The van der Waals surface area contributed by atoms with Gasteiger partial charge < -0.3 is 10.6 Å². The van der Waals surface area contributed by atoms with Gasteiger partial charge in [-0.15, -0.1) is 0 Å². The van der Waals surface area contributed by atoms with Gasteiger partial charge in [-0.25, -0.2) is 9.97 Å². The average molecular weight is 352 g/mol. The zero-order chi connectivity index (χ0) is 18.5. The molecule has 1 amide bonds. The molecular weight excluding hydrogens is 324 g/mol. The lowest BCUT2D eigenvalue weighted by Gasteiger charge is -2.17. The molecule has 0 spiro atoms. The van der Waals surface area contributed by atoms with Crippen LogP contribution in [0, 0.1) is 20.8 Å². The Hall–Kier alpha value is -2.43. The van der Waals surface area contributed by atoms with Crippen LogP contribution in [-0.4, -0.2) is 21.9 Å². The van der Waals surface area contributed by atoms with Crippen LogP contribution >= 0.6 is 0 Å². The van der Waals surface area contributed by atoms with Gasteiger partial charge in [0.2, 0.25) is 5.95 Å². The molecule has 5 heteroatoms. The van der Waals surface area contributed by atoms with E-state index in [2.05, 4.69) is 20.6 Å². The van der Waals surface area contributed by atoms with Crippen molar-refractivity contribution in [1.82, 2.24) is 15.3 Å². The van der Waals surface area contributed by atoms with Crippen LogP contribution in [0.2, 0.25) is 0 Å². The van der Waals surface area contributed by atoms with Gasteiger partial charge in [0, 0.05) is 17.4 Å². The maximum atomic E-state index is 12.7. The second-order valence-electron chi connectivity index (χ2n) is 7.27. The van der Waals surface area contributed by atoms with Crippen molar-refractivity contribution in [3.05, 3.63) is 46.8 Å². The van der Waals surface area contributed by atoms with E-state index in [1.165, 1.54) is 25.7 Å². The molecule has 0 saturated heterocycles. The molecule has 26 heavy (non-hydrogen) atoms. The Morgan fingerprint density at radius 3 is 2.31 bits per heavy atom. The van der Waals surface area contributed by atoms with Crippen LogP contribution < -0.4 is 10.6 Å². The van der Waals surface area contributed by atoms with E-state index in [-0.39, 0.29) is 11.9 Å². The van der Waals surface area contributed by atoms with Gasteiger partial charge in [0.05, 0.1) is 0 Å². The second kappa shape index (κ2) is 8.30. The molecule has 1 heterocycles. The number of aryl methyl sites for hydroxylation is 3. The number of benzene rings is 1. The van der Waals surface area contributed by atoms with E-state index in [4.69, 9.17) is 0 Å². The van der Waals surface area contributed by atoms with E-state index in [0.29, 0.717) is 11.6 Å². The quantitative estimate of drug-likeness (QED) is 0.789. The molecule has 138 valence electrons. The van der Waals surface area contributed by atoms with Crippen LogP contribution in [0.5, 0.6) is 0 Å². The van der Waals surface area contributed by atoms with Crippen LogP contribution in [0.4, 0.5) is 11.6 Å². The van der Waals surface area contributed by atoms with Crippen molar-refractivity contribution in [2.24, 2.45) is 0 Å². The predicted octanol–water partition coefficient (Wildman–Crippen LogP) is 4.60. The van der Waals surface area contributed by atoms with Crippen molar-refractivity contribution >= 4 is 17.5 Å². The number of amides is 1. The normalized spacial score (nSPS) is 15.3. The summed E-state index contributed by atoms with van der Waals surface area (Å²) in [5, 5.41) is 6.45. The molecule has 0 aliphatic heterocycles. The summed E-state index contributed by atoms with van der Waals surface area (Å²) in [4.78, 5) is 21.6. The minimum Gasteiger partial charge on any atom is -0.348 e. The summed E-state index contributed by atoms with van der Waals surface area (Å²) in [6.07, 6.45) is 7.03. The molecule has 1 saturated carbocycles. The fourth-order valence-electron chi connectivity index (χ4n) is 3.55. The smallest absolute Gasteiger partial charge is 0.270 e. The Kier molecular flexibility index (Phi) is 5.86. The summed E-state index contributed by atoms with van der Waals surface area (Å²) in [6.45, 7) is 5.98. The monoisotopic (exact) mass is 352 g/mol. The molecule has 5 nitrogen and oxygen atoms in total. The Labute approximate surface area is 155 Å². The minimum absolute atomic E-state index is 0.105. The molecule has 0 unspecified atom stereocenters. The molecule has 2 aromatic rings. The number of hydrogen-bond acceptors (Lipinski definition) is 4. The third kappa shape index (κ3) is 4.59. The van der Waals surface area contributed by atoms with Crippen LogP contribution in [0.25, 0.3) is 0 Å². The van der Waals surface area contributed by atoms with Gasteiger partial charge >= 0.3 is 0 Å². The standard InChI is InChI=1S/C21H28N4O/c1-14-9-8-10-15(2)19(14)25-21-22-16(3)13-18(24-21)20(26)23-17-11-6-4-5-7-12-17/h8-10,13,17H,4-7,11-12H2,1-3H3,(H,23,26)(H,22,24,25). The highest BCUT2D eigenvalue weighted by Crippen LogP contribution is 2.23. The molecule has 1 aliphatic carbocycles. The summed E-state index contributed by atoms with van der Waals surface area (Å²) in [5.74, 6) is 0.361.